The van der Waals surface area contributed by atoms with Crippen LogP contribution >= 0.6 is 0 Å². The zero-order valence-corrected chi connectivity index (χ0v) is 7.30. The quantitative estimate of drug-likeness (QED) is 0.728. The molecule has 0 aliphatic carbocycles. The van der Waals surface area contributed by atoms with Crippen LogP contribution in [0.25, 0.3) is 11.0 Å². The van der Waals surface area contributed by atoms with Crippen LogP contribution in [0, 0.1) is 0 Å². The van der Waals surface area contributed by atoms with E-state index in [9.17, 15) is 18.0 Å². The highest BCUT2D eigenvalue weighted by Crippen LogP contribution is 2.30. The minimum Gasteiger partial charge on any atom is -0.319 e. The first-order valence-electron chi connectivity index (χ1n) is 4.03. The summed E-state index contributed by atoms with van der Waals surface area (Å²) in [6, 6.07) is 3.01. The minimum atomic E-state index is -4.42. The van der Waals surface area contributed by atoms with Gasteiger partial charge in [0.25, 0.3) is 5.56 Å². The zero-order chi connectivity index (χ0) is 11.1. The summed E-state index contributed by atoms with van der Waals surface area (Å²) in [5.41, 5.74) is -0.930. The van der Waals surface area contributed by atoms with Crippen molar-refractivity contribution < 1.29 is 13.2 Å². The molecule has 0 aliphatic rings. The van der Waals surface area contributed by atoms with Crippen LogP contribution in [0.1, 0.15) is 5.56 Å². The number of hydrogen-bond acceptors (Lipinski definition) is 2. The molecule has 6 heteroatoms. The second-order valence-electron chi connectivity index (χ2n) is 2.98. The van der Waals surface area contributed by atoms with Crippen LogP contribution in [0.15, 0.2) is 29.2 Å². The third-order valence-electron chi connectivity index (χ3n) is 1.90. The van der Waals surface area contributed by atoms with Crippen LogP contribution in [0.3, 0.4) is 0 Å². The number of rotatable bonds is 0. The molecule has 2 rings (SSSR count). The Kier molecular flexibility index (Phi) is 1.99. The fourth-order valence-electron chi connectivity index (χ4n) is 1.22. The van der Waals surface area contributed by atoms with Crippen molar-refractivity contribution in [1.29, 1.82) is 0 Å². The lowest BCUT2D eigenvalue weighted by Crippen LogP contribution is -2.08. The Balaban J connectivity index is 2.70. The molecule has 1 heterocycles. The molecule has 0 radical (unpaired) electrons. The Morgan fingerprint density at radius 1 is 1.27 bits per heavy atom. The summed E-state index contributed by atoms with van der Waals surface area (Å²) in [4.78, 5) is 16.8. The average molecular weight is 214 g/mol. The Labute approximate surface area is 81.6 Å². The van der Waals surface area contributed by atoms with Crippen molar-refractivity contribution in [2.45, 2.75) is 6.18 Å². The number of aromatic nitrogens is 2. The highest BCUT2D eigenvalue weighted by atomic mass is 19.4. The van der Waals surface area contributed by atoms with E-state index in [-0.39, 0.29) is 5.52 Å². The monoisotopic (exact) mass is 214 g/mol. The number of nitrogens with zero attached hydrogens (tertiary/aromatic N) is 1. The summed E-state index contributed by atoms with van der Waals surface area (Å²) in [6.07, 6.45) is -3.39. The number of nitrogens with one attached hydrogen (secondary N) is 1. The van der Waals surface area contributed by atoms with E-state index in [0.29, 0.717) is 5.52 Å². The molecule has 1 aromatic carbocycles. The van der Waals surface area contributed by atoms with E-state index in [1.807, 2.05) is 0 Å². The van der Waals surface area contributed by atoms with Crippen LogP contribution in [0.5, 0.6) is 0 Å². The molecule has 78 valence electrons. The zero-order valence-electron chi connectivity index (χ0n) is 7.30. The van der Waals surface area contributed by atoms with Gasteiger partial charge in [0.1, 0.15) is 0 Å². The molecule has 0 bridgehead atoms. The molecule has 2 aromatic rings. The predicted molar refractivity (Wildman–Crippen MR) is 47.4 cm³/mol. The van der Waals surface area contributed by atoms with E-state index >= 15 is 0 Å². The van der Waals surface area contributed by atoms with Gasteiger partial charge in [-0.15, -0.1) is 0 Å². The summed E-state index contributed by atoms with van der Waals surface area (Å²) in [6.45, 7) is 0. The van der Waals surface area contributed by atoms with Crippen LogP contribution in [-0.4, -0.2) is 9.97 Å². The first-order valence-corrected chi connectivity index (χ1v) is 4.03. The van der Waals surface area contributed by atoms with Crippen LogP contribution < -0.4 is 5.56 Å². The van der Waals surface area contributed by atoms with Gasteiger partial charge in [0.15, 0.2) is 0 Å². The van der Waals surface area contributed by atoms with Gasteiger partial charge in [0.05, 0.1) is 22.8 Å². The van der Waals surface area contributed by atoms with E-state index in [0.717, 1.165) is 18.3 Å². The Bertz CT molecular complexity index is 559. The van der Waals surface area contributed by atoms with E-state index in [4.69, 9.17) is 0 Å². The van der Waals surface area contributed by atoms with Crippen molar-refractivity contribution in [3.05, 3.63) is 40.3 Å². The van der Waals surface area contributed by atoms with E-state index in [1.165, 1.54) is 6.07 Å². The number of aromatic amines is 1. The van der Waals surface area contributed by atoms with Gasteiger partial charge in [-0.2, -0.15) is 13.2 Å². The van der Waals surface area contributed by atoms with E-state index < -0.39 is 17.3 Å². The minimum absolute atomic E-state index is 0.0809. The van der Waals surface area contributed by atoms with Crippen molar-refractivity contribution in [2.75, 3.05) is 0 Å². The van der Waals surface area contributed by atoms with Gasteiger partial charge in [0.2, 0.25) is 0 Å². The third-order valence-corrected chi connectivity index (χ3v) is 1.90. The maximum absolute atomic E-state index is 12.3. The standard InChI is InChI=1S/C9H5F3N2O/c10-9(11,12)5-1-2-6-7(3-5)14-8(15)4-13-6/h1-4H,(H,14,15). The topological polar surface area (TPSA) is 45.8 Å². The molecule has 0 amide bonds. The number of fused-ring (bicyclic) bond motifs is 1. The van der Waals surface area contributed by atoms with Gasteiger partial charge in [-0.3, -0.25) is 4.79 Å². The molecular formula is C9H5F3N2O. The Morgan fingerprint density at radius 3 is 2.67 bits per heavy atom. The van der Waals surface area contributed by atoms with Crippen molar-refractivity contribution in [2.24, 2.45) is 0 Å². The van der Waals surface area contributed by atoms with E-state index in [1.54, 1.807) is 0 Å². The highest BCUT2D eigenvalue weighted by Gasteiger charge is 2.30. The smallest absolute Gasteiger partial charge is 0.319 e. The molecule has 0 aliphatic heterocycles. The summed E-state index contributed by atoms with van der Waals surface area (Å²) in [5.74, 6) is 0. The number of benzene rings is 1. The fourth-order valence-corrected chi connectivity index (χ4v) is 1.22. The number of hydrogen-bond donors (Lipinski definition) is 1. The lowest BCUT2D eigenvalue weighted by molar-refractivity contribution is -0.137. The normalized spacial score (nSPS) is 11.9. The molecule has 1 N–H and O–H groups in total. The van der Waals surface area contributed by atoms with Crippen molar-refractivity contribution in [3.8, 4) is 0 Å². The highest BCUT2D eigenvalue weighted by molar-refractivity contribution is 5.74. The Morgan fingerprint density at radius 2 is 2.00 bits per heavy atom. The molecule has 0 atom stereocenters. The molecule has 0 unspecified atom stereocenters. The maximum Gasteiger partial charge on any atom is 0.416 e. The second kappa shape index (κ2) is 3.08. The van der Waals surface area contributed by atoms with Gasteiger partial charge >= 0.3 is 6.18 Å². The largest absolute Gasteiger partial charge is 0.416 e. The SMILES string of the molecule is O=c1cnc2ccc(C(F)(F)F)cc2[nH]1. The van der Waals surface area contributed by atoms with Crippen LogP contribution in [-0.2, 0) is 6.18 Å². The molecule has 0 fully saturated rings. The van der Waals surface area contributed by atoms with Gasteiger partial charge < -0.3 is 4.98 Å². The maximum atomic E-state index is 12.3. The molecular weight excluding hydrogens is 209 g/mol. The van der Waals surface area contributed by atoms with Crippen molar-refractivity contribution >= 4 is 11.0 Å². The molecule has 15 heavy (non-hydrogen) atoms. The first kappa shape index (κ1) is 9.70. The summed E-state index contributed by atoms with van der Waals surface area (Å²) in [5, 5.41) is 0. The average Bonchev–Trinajstić information content (AvgIpc) is 2.15. The lowest BCUT2D eigenvalue weighted by atomic mass is 10.2. The summed E-state index contributed by atoms with van der Waals surface area (Å²) in [7, 11) is 0. The second-order valence-corrected chi connectivity index (χ2v) is 2.98. The molecule has 1 aromatic heterocycles. The lowest BCUT2D eigenvalue weighted by Gasteiger charge is -2.06. The summed E-state index contributed by atoms with van der Waals surface area (Å²) >= 11 is 0. The van der Waals surface area contributed by atoms with Gasteiger partial charge in [-0.25, -0.2) is 4.98 Å². The van der Waals surface area contributed by atoms with Crippen molar-refractivity contribution in [1.82, 2.24) is 9.97 Å². The fraction of sp³-hybridized carbons (Fsp3) is 0.111. The third kappa shape index (κ3) is 1.83. The number of H-pyrrole nitrogens is 1. The molecule has 3 nitrogen and oxygen atoms in total. The predicted octanol–water partition coefficient (Wildman–Crippen LogP) is 1.94. The molecule has 0 spiro atoms. The van der Waals surface area contributed by atoms with E-state index in [2.05, 4.69) is 9.97 Å². The number of alkyl halides is 3. The van der Waals surface area contributed by atoms with Crippen molar-refractivity contribution in [3.63, 3.8) is 0 Å². The van der Waals surface area contributed by atoms with Crippen LogP contribution in [0.2, 0.25) is 0 Å². The first-order chi connectivity index (χ1) is 6.97. The van der Waals surface area contributed by atoms with Gasteiger partial charge in [-0.05, 0) is 18.2 Å². The number of halogens is 3. The Hall–Kier alpha value is -1.85. The van der Waals surface area contributed by atoms with Gasteiger partial charge in [-0.1, -0.05) is 0 Å². The molecule has 0 saturated heterocycles. The summed E-state index contributed by atoms with van der Waals surface area (Å²) < 4.78 is 36.9. The molecule has 0 saturated carbocycles. The van der Waals surface area contributed by atoms with Gasteiger partial charge in [0, 0.05) is 0 Å². The van der Waals surface area contributed by atoms with Crippen LogP contribution in [0.4, 0.5) is 13.2 Å².